The second kappa shape index (κ2) is 5.54. The molecule has 3 heterocycles. The topological polar surface area (TPSA) is 78.9 Å². The summed E-state index contributed by atoms with van der Waals surface area (Å²) in [5.74, 6) is 1.11. The summed E-state index contributed by atoms with van der Waals surface area (Å²) in [6.45, 7) is 3.76. The second-order valence-electron chi connectivity index (χ2n) is 4.89. The Balaban J connectivity index is 1.88. The normalized spacial score (nSPS) is 14.4. The van der Waals surface area contributed by atoms with Crippen molar-refractivity contribution in [1.29, 1.82) is 0 Å². The lowest BCUT2D eigenvalue weighted by atomic mass is 10.2. The van der Waals surface area contributed by atoms with Gasteiger partial charge in [0.25, 0.3) is 0 Å². The molecule has 1 aromatic carbocycles. The van der Waals surface area contributed by atoms with E-state index >= 15 is 0 Å². The molecule has 0 fully saturated rings. The van der Waals surface area contributed by atoms with Crippen LogP contribution in [0.2, 0.25) is 0 Å². The number of carbonyl (C=O) groups is 1. The highest BCUT2D eigenvalue weighted by Crippen LogP contribution is 2.35. The number of thiazole rings is 1. The molecule has 0 atom stereocenters. The first-order chi connectivity index (χ1) is 11.3. The van der Waals surface area contributed by atoms with Crippen LogP contribution >= 0.6 is 11.3 Å². The van der Waals surface area contributed by atoms with Gasteiger partial charge in [-0.15, -0.1) is 0 Å². The summed E-state index contributed by atoms with van der Waals surface area (Å²) >= 11 is 1.42. The van der Waals surface area contributed by atoms with Gasteiger partial charge in [0, 0.05) is 24.7 Å². The number of amides is 1. The number of hydrogen-bond acceptors (Lipinski definition) is 6. The molecule has 0 saturated carbocycles. The smallest absolute Gasteiger partial charge is 0.318 e. The molecule has 0 bridgehead atoms. The summed E-state index contributed by atoms with van der Waals surface area (Å²) < 4.78 is 19.0. The third kappa shape index (κ3) is 2.40. The van der Waals surface area contributed by atoms with E-state index in [-0.39, 0.29) is 5.76 Å². The average Bonchev–Trinajstić information content (AvgIpc) is 3.20. The summed E-state index contributed by atoms with van der Waals surface area (Å²) in [4.78, 5) is 16.9. The third-order valence-corrected chi connectivity index (χ3v) is 4.55. The van der Waals surface area contributed by atoms with Crippen molar-refractivity contribution in [2.45, 2.75) is 13.5 Å². The summed E-state index contributed by atoms with van der Waals surface area (Å²) in [5.41, 5.74) is 0.964. The molecule has 23 heavy (non-hydrogen) atoms. The number of ether oxygens (including phenoxy) is 2. The number of aryl methyl sites for hydroxylation is 1. The third-order valence-electron chi connectivity index (χ3n) is 3.51. The Kier molecular flexibility index (Phi) is 3.38. The van der Waals surface area contributed by atoms with Gasteiger partial charge in [-0.2, -0.15) is 4.99 Å². The van der Waals surface area contributed by atoms with Crippen molar-refractivity contribution in [3.63, 3.8) is 0 Å². The van der Waals surface area contributed by atoms with Crippen LogP contribution in [0.5, 0.6) is 11.5 Å². The highest BCUT2D eigenvalue weighted by Gasteiger charge is 2.17. The minimum absolute atomic E-state index is 0.121. The minimum atomic E-state index is -0.450. The monoisotopic (exact) mass is 331 g/mol. The van der Waals surface area contributed by atoms with E-state index in [1.807, 2.05) is 23.6 Å². The van der Waals surface area contributed by atoms with Gasteiger partial charge in [0.05, 0.1) is 16.4 Å². The quantitative estimate of drug-likeness (QED) is 0.719. The number of benzene rings is 1. The van der Waals surface area contributed by atoms with Crippen molar-refractivity contribution in [2.24, 2.45) is 4.99 Å². The Bertz CT molecular complexity index is 940. The number of rotatable bonds is 2. The maximum atomic E-state index is 12.1. The summed E-state index contributed by atoms with van der Waals surface area (Å²) in [7, 11) is 0. The Hall–Kier alpha value is -2.61. The fraction of sp³-hybridized carbons (Fsp3) is 0.267. The molecule has 0 spiro atoms. The van der Waals surface area contributed by atoms with Gasteiger partial charge < -0.3 is 18.6 Å². The van der Waals surface area contributed by atoms with Crippen molar-refractivity contribution in [2.75, 3.05) is 13.2 Å². The van der Waals surface area contributed by atoms with Crippen molar-refractivity contribution >= 4 is 27.5 Å². The largest absolute Gasteiger partial charge is 0.486 e. The lowest BCUT2D eigenvalue weighted by molar-refractivity contribution is 0.0962. The minimum Gasteiger partial charge on any atom is -0.486 e. The molecule has 7 nitrogen and oxygen atoms in total. The SMILES string of the molecule is CCn1c(=NC(=O)c2ccno2)sc2cc3c(cc21)OCCO3. The number of nitrogens with zero attached hydrogens (tertiary/aromatic N) is 3. The van der Waals surface area contributed by atoms with E-state index in [2.05, 4.69) is 10.1 Å². The van der Waals surface area contributed by atoms with E-state index in [0.717, 1.165) is 21.7 Å². The molecule has 2 aromatic heterocycles. The Morgan fingerprint density at radius 1 is 1.35 bits per heavy atom. The standard InChI is InChI=1S/C15H13N3O4S/c1-2-18-9-7-11-12(21-6-5-20-11)8-13(9)23-15(18)17-14(19)10-3-4-16-22-10/h3-4,7-8H,2,5-6H2,1H3. The molecule has 1 aliphatic rings. The summed E-state index contributed by atoms with van der Waals surface area (Å²) in [5, 5.41) is 3.53. The van der Waals surface area contributed by atoms with Crippen LogP contribution in [0.1, 0.15) is 17.5 Å². The highest BCUT2D eigenvalue weighted by atomic mass is 32.1. The fourth-order valence-corrected chi connectivity index (χ4v) is 3.57. The van der Waals surface area contributed by atoms with Crippen LogP contribution in [0.3, 0.4) is 0 Å². The zero-order chi connectivity index (χ0) is 15.8. The molecule has 0 aliphatic carbocycles. The number of fused-ring (bicyclic) bond motifs is 2. The van der Waals surface area contributed by atoms with Crippen LogP contribution in [-0.2, 0) is 6.54 Å². The van der Waals surface area contributed by atoms with Gasteiger partial charge in [-0.1, -0.05) is 16.5 Å². The van der Waals surface area contributed by atoms with Gasteiger partial charge in [0.2, 0.25) is 5.76 Å². The second-order valence-corrected chi connectivity index (χ2v) is 5.90. The van der Waals surface area contributed by atoms with E-state index in [1.165, 1.54) is 23.6 Å². The van der Waals surface area contributed by atoms with Crippen LogP contribution in [-0.4, -0.2) is 28.8 Å². The van der Waals surface area contributed by atoms with E-state index < -0.39 is 5.91 Å². The van der Waals surface area contributed by atoms with Gasteiger partial charge in [-0.3, -0.25) is 4.79 Å². The molecule has 0 N–H and O–H groups in total. The van der Waals surface area contributed by atoms with Crippen molar-refractivity contribution in [3.05, 3.63) is 35.0 Å². The molecule has 1 aliphatic heterocycles. The van der Waals surface area contributed by atoms with Crippen LogP contribution < -0.4 is 14.3 Å². The first kappa shape index (κ1) is 14.0. The Morgan fingerprint density at radius 3 is 2.83 bits per heavy atom. The number of hydrogen-bond donors (Lipinski definition) is 0. The van der Waals surface area contributed by atoms with Gasteiger partial charge in [0.1, 0.15) is 13.2 Å². The molecule has 1 amide bonds. The first-order valence-electron chi connectivity index (χ1n) is 7.19. The van der Waals surface area contributed by atoms with E-state index in [1.54, 1.807) is 0 Å². The molecule has 0 radical (unpaired) electrons. The first-order valence-corrected chi connectivity index (χ1v) is 8.00. The average molecular weight is 331 g/mol. The van der Waals surface area contributed by atoms with Gasteiger partial charge >= 0.3 is 5.91 Å². The zero-order valence-electron chi connectivity index (χ0n) is 12.3. The Morgan fingerprint density at radius 2 is 2.13 bits per heavy atom. The number of carbonyl (C=O) groups excluding carboxylic acids is 1. The van der Waals surface area contributed by atoms with Crippen molar-refractivity contribution < 1.29 is 18.8 Å². The molecule has 3 aromatic rings. The van der Waals surface area contributed by atoms with E-state index in [4.69, 9.17) is 14.0 Å². The fourth-order valence-electron chi connectivity index (χ4n) is 2.47. The zero-order valence-corrected chi connectivity index (χ0v) is 13.1. The lowest BCUT2D eigenvalue weighted by Gasteiger charge is -2.18. The molecular formula is C15H13N3O4S. The van der Waals surface area contributed by atoms with Crippen LogP contribution in [0.15, 0.2) is 33.9 Å². The van der Waals surface area contributed by atoms with Crippen molar-refractivity contribution in [3.8, 4) is 11.5 Å². The van der Waals surface area contributed by atoms with Crippen LogP contribution in [0.25, 0.3) is 10.2 Å². The predicted molar refractivity (Wildman–Crippen MR) is 82.9 cm³/mol. The summed E-state index contributed by atoms with van der Waals surface area (Å²) in [6.07, 6.45) is 1.42. The Labute approximate surface area is 134 Å². The maximum absolute atomic E-state index is 12.1. The molecule has 118 valence electrons. The van der Waals surface area contributed by atoms with Gasteiger partial charge in [-0.05, 0) is 6.92 Å². The number of aromatic nitrogens is 2. The van der Waals surface area contributed by atoms with Crippen molar-refractivity contribution in [1.82, 2.24) is 9.72 Å². The van der Waals surface area contributed by atoms with E-state index in [0.29, 0.717) is 24.6 Å². The predicted octanol–water partition coefficient (Wildman–Crippen LogP) is 2.22. The van der Waals surface area contributed by atoms with Crippen LogP contribution in [0, 0.1) is 0 Å². The lowest BCUT2D eigenvalue weighted by Crippen LogP contribution is -2.17. The molecular weight excluding hydrogens is 318 g/mol. The van der Waals surface area contributed by atoms with Gasteiger partial charge in [0.15, 0.2) is 16.3 Å². The highest BCUT2D eigenvalue weighted by molar-refractivity contribution is 7.16. The van der Waals surface area contributed by atoms with Crippen LogP contribution in [0.4, 0.5) is 0 Å². The summed E-state index contributed by atoms with van der Waals surface area (Å²) in [6, 6.07) is 5.36. The molecule has 0 unspecified atom stereocenters. The molecule has 8 heteroatoms. The van der Waals surface area contributed by atoms with E-state index in [9.17, 15) is 4.79 Å². The molecule has 4 rings (SSSR count). The maximum Gasteiger partial charge on any atom is 0.318 e. The molecule has 0 saturated heterocycles. The van der Waals surface area contributed by atoms with Gasteiger partial charge in [-0.25, -0.2) is 0 Å².